The fourth-order valence-electron chi connectivity index (χ4n) is 2.78. The maximum Gasteiger partial charge on any atom is 0.0991 e. The maximum atomic E-state index is 8.78. The van der Waals surface area contributed by atoms with Crippen LogP contribution in [0.25, 0.3) is 0 Å². The third-order valence-corrected chi connectivity index (χ3v) is 4.01. The van der Waals surface area contributed by atoms with Crippen molar-refractivity contribution in [1.29, 1.82) is 5.26 Å². The number of nitrogens with one attached hydrogen (secondary N) is 1. The molecular formula is C18H19N3. The molecule has 106 valence electrons. The van der Waals surface area contributed by atoms with Crippen molar-refractivity contribution in [3.63, 3.8) is 0 Å². The van der Waals surface area contributed by atoms with E-state index in [0.29, 0.717) is 5.56 Å². The first kappa shape index (κ1) is 13.7. The first-order valence-corrected chi connectivity index (χ1v) is 7.29. The predicted molar refractivity (Wildman–Crippen MR) is 85.1 cm³/mol. The highest BCUT2D eigenvalue weighted by molar-refractivity contribution is 5.58. The summed E-state index contributed by atoms with van der Waals surface area (Å²) in [6.07, 6.45) is 1.15. The molecular weight excluding hydrogens is 258 g/mol. The molecule has 0 saturated carbocycles. The first-order valence-electron chi connectivity index (χ1n) is 7.29. The van der Waals surface area contributed by atoms with E-state index >= 15 is 0 Å². The molecule has 2 aromatic rings. The molecule has 0 saturated heterocycles. The molecule has 1 heterocycles. The van der Waals surface area contributed by atoms with E-state index in [-0.39, 0.29) is 0 Å². The van der Waals surface area contributed by atoms with Gasteiger partial charge in [-0.25, -0.2) is 0 Å². The lowest BCUT2D eigenvalue weighted by Crippen LogP contribution is -2.13. The minimum Gasteiger partial charge on any atom is -0.374 e. The van der Waals surface area contributed by atoms with E-state index in [9.17, 15) is 0 Å². The van der Waals surface area contributed by atoms with Crippen LogP contribution in [0.1, 0.15) is 22.3 Å². The van der Waals surface area contributed by atoms with Gasteiger partial charge in [-0.1, -0.05) is 24.3 Å². The summed E-state index contributed by atoms with van der Waals surface area (Å²) in [6, 6.07) is 16.6. The predicted octanol–water partition coefficient (Wildman–Crippen LogP) is 2.84. The van der Waals surface area contributed by atoms with Crippen molar-refractivity contribution in [2.24, 2.45) is 0 Å². The number of nitrogens with zero attached hydrogens (tertiary/aromatic N) is 2. The van der Waals surface area contributed by atoms with Crippen molar-refractivity contribution < 1.29 is 0 Å². The van der Waals surface area contributed by atoms with Gasteiger partial charge in [0.05, 0.1) is 11.6 Å². The topological polar surface area (TPSA) is 39.1 Å². The van der Waals surface area contributed by atoms with Gasteiger partial charge in [-0.2, -0.15) is 5.26 Å². The Morgan fingerprint density at radius 1 is 1.10 bits per heavy atom. The standard InChI is InChI=1S/C18H19N3/c1-21-9-8-17-10-16(6-7-18(17)21)13-20-12-15-4-2-14(11-19)3-5-15/h2-7,10,20H,8-9,12-13H2,1H3. The summed E-state index contributed by atoms with van der Waals surface area (Å²) in [5, 5.41) is 12.2. The molecule has 0 atom stereocenters. The van der Waals surface area contributed by atoms with Crippen LogP contribution in [-0.4, -0.2) is 13.6 Å². The Hall–Kier alpha value is -2.31. The van der Waals surface area contributed by atoms with E-state index in [2.05, 4.69) is 41.5 Å². The number of anilines is 1. The Kier molecular flexibility index (Phi) is 3.89. The normalized spacial score (nSPS) is 13.0. The monoisotopic (exact) mass is 277 g/mol. The zero-order chi connectivity index (χ0) is 14.7. The Bertz CT molecular complexity index is 668. The number of nitriles is 1. The molecule has 1 aliphatic heterocycles. The smallest absolute Gasteiger partial charge is 0.0991 e. The Morgan fingerprint density at radius 2 is 1.81 bits per heavy atom. The summed E-state index contributed by atoms with van der Waals surface area (Å²) in [5.41, 5.74) is 6.06. The molecule has 21 heavy (non-hydrogen) atoms. The summed E-state index contributed by atoms with van der Waals surface area (Å²) in [7, 11) is 2.15. The Balaban J connectivity index is 1.57. The van der Waals surface area contributed by atoms with Crippen LogP contribution in [0.3, 0.4) is 0 Å². The lowest BCUT2D eigenvalue weighted by Gasteiger charge is -2.12. The van der Waals surface area contributed by atoms with Gasteiger partial charge in [0.2, 0.25) is 0 Å². The summed E-state index contributed by atoms with van der Waals surface area (Å²) in [5.74, 6) is 0. The SMILES string of the molecule is CN1CCc2cc(CNCc3ccc(C#N)cc3)ccc21. The second-order valence-electron chi connectivity index (χ2n) is 5.55. The van der Waals surface area contributed by atoms with E-state index in [1.54, 1.807) is 0 Å². The molecule has 0 unspecified atom stereocenters. The van der Waals surface area contributed by atoms with Gasteiger partial charge < -0.3 is 10.2 Å². The highest BCUT2D eigenvalue weighted by Crippen LogP contribution is 2.27. The molecule has 1 aliphatic rings. The van der Waals surface area contributed by atoms with Crippen LogP contribution in [0.2, 0.25) is 0 Å². The van der Waals surface area contributed by atoms with E-state index in [1.807, 2.05) is 24.3 Å². The number of fused-ring (bicyclic) bond motifs is 1. The number of hydrogen-bond donors (Lipinski definition) is 1. The highest BCUT2D eigenvalue weighted by Gasteiger charge is 2.15. The van der Waals surface area contributed by atoms with Gasteiger partial charge in [-0.15, -0.1) is 0 Å². The van der Waals surface area contributed by atoms with Crippen molar-refractivity contribution in [1.82, 2.24) is 5.32 Å². The van der Waals surface area contributed by atoms with Gasteiger partial charge in [-0.3, -0.25) is 0 Å². The lowest BCUT2D eigenvalue weighted by molar-refractivity contribution is 0.693. The molecule has 3 heteroatoms. The van der Waals surface area contributed by atoms with Crippen molar-refractivity contribution in [3.8, 4) is 6.07 Å². The number of rotatable bonds is 4. The van der Waals surface area contributed by atoms with Crippen LogP contribution in [0.5, 0.6) is 0 Å². The zero-order valence-corrected chi connectivity index (χ0v) is 12.3. The van der Waals surface area contributed by atoms with Gasteiger partial charge in [0, 0.05) is 32.4 Å². The number of likely N-dealkylation sites (N-methyl/N-ethyl adjacent to an activating group) is 1. The molecule has 0 bridgehead atoms. The molecule has 0 fully saturated rings. The second-order valence-corrected chi connectivity index (χ2v) is 5.55. The van der Waals surface area contributed by atoms with Gasteiger partial charge >= 0.3 is 0 Å². The summed E-state index contributed by atoms with van der Waals surface area (Å²) < 4.78 is 0. The van der Waals surface area contributed by atoms with Crippen LogP contribution in [0.15, 0.2) is 42.5 Å². The molecule has 0 aromatic heterocycles. The van der Waals surface area contributed by atoms with Crippen molar-refractivity contribution in [3.05, 3.63) is 64.7 Å². The van der Waals surface area contributed by atoms with Gasteiger partial charge in [0.25, 0.3) is 0 Å². The lowest BCUT2D eigenvalue weighted by atomic mass is 10.1. The summed E-state index contributed by atoms with van der Waals surface area (Å²) in [6.45, 7) is 2.82. The minimum absolute atomic E-state index is 0.710. The molecule has 0 amide bonds. The fourth-order valence-corrected chi connectivity index (χ4v) is 2.78. The van der Waals surface area contributed by atoms with E-state index < -0.39 is 0 Å². The Labute approximate surface area is 125 Å². The Morgan fingerprint density at radius 3 is 2.57 bits per heavy atom. The van der Waals surface area contributed by atoms with Crippen LogP contribution < -0.4 is 10.2 Å². The molecule has 0 spiro atoms. The largest absolute Gasteiger partial charge is 0.374 e. The third-order valence-electron chi connectivity index (χ3n) is 4.01. The average Bonchev–Trinajstić information content (AvgIpc) is 2.89. The average molecular weight is 277 g/mol. The van der Waals surface area contributed by atoms with Gasteiger partial charge in [0.1, 0.15) is 0 Å². The van der Waals surface area contributed by atoms with E-state index in [1.165, 1.54) is 22.4 Å². The second kappa shape index (κ2) is 5.99. The molecule has 0 aliphatic carbocycles. The van der Waals surface area contributed by atoms with E-state index in [4.69, 9.17) is 5.26 Å². The molecule has 1 N–H and O–H groups in total. The molecule has 3 rings (SSSR count). The van der Waals surface area contributed by atoms with Crippen LogP contribution in [0.4, 0.5) is 5.69 Å². The molecule has 2 aromatic carbocycles. The third kappa shape index (κ3) is 3.07. The highest BCUT2D eigenvalue weighted by atomic mass is 15.1. The molecule has 0 radical (unpaired) electrons. The van der Waals surface area contributed by atoms with Crippen LogP contribution >= 0.6 is 0 Å². The van der Waals surface area contributed by atoms with Gasteiger partial charge in [0.15, 0.2) is 0 Å². The quantitative estimate of drug-likeness (QED) is 0.934. The summed E-state index contributed by atoms with van der Waals surface area (Å²) in [4.78, 5) is 2.31. The first-order chi connectivity index (χ1) is 10.3. The van der Waals surface area contributed by atoms with Crippen molar-refractivity contribution in [2.45, 2.75) is 19.5 Å². The van der Waals surface area contributed by atoms with E-state index in [0.717, 1.165) is 26.1 Å². The van der Waals surface area contributed by atoms with Crippen molar-refractivity contribution >= 4 is 5.69 Å². The number of benzene rings is 2. The van der Waals surface area contributed by atoms with Crippen LogP contribution in [0, 0.1) is 11.3 Å². The van der Waals surface area contributed by atoms with Crippen molar-refractivity contribution in [2.75, 3.05) is 18.5 Å². The summed E-state index contributed by atoms with van der Waals surface area (Å²) >= 11 is 0. The minimum atomic E-state index is 0.710. The fraction of sp³-hybridized carbons (Fsp3) is 0.278. The zero-order valence-electron chi connectivity index (χ0n) is 12.3. The van der Waals surface area contributed by atoms with Gasteiger partial charge in [-0.05, 0) is 41.3 Å². The maximum absolute atomic E-state index is 8.78. The number of hydrogen-bond acceptors (Lipinski definition) is 3. The van der Waals surface area contributed by atoms with Crippen LogP contribution in [-0.2, 0) is 19.5 Å². The molecule has 3 nitrogen and oxygen atoms in total.